The zero-order valence-electron chi connectivity index (χ0n) is 10.1. The monoisotopic (exact) mass is 254 g/mol. The third kappa shape index (κ3) is 6.29. The van der Waals surface area contributed by atoms with E-state index in [0.717, 1.165) is 25.1 Å². The van der Waals surface area contributed by atoms with Gasteiger partial charge in [-0.3, -0.25) is 4.79 Å². The van der Waals surface area contributed by atoms with Gasteiger partial charge in [-0.15, -0.1) is 0 Å². The minimum atomic E-state index is 0.0469. The van der Waals surface area contributed by atoms with Crippen LogP contribution in [0.25, 0.3) is 0 Å². The Morgan fingerprint density at radius 3 is 2.53 bits per heavy atom. The lowest BCUT2D eigenvalue weighted by Gasteiger charge is -2.06. The van der Waals surface area contributed by atoms with Gasteiger partial charge in [0.15, 0.2) is 0 Å². The van der Waals surface area contributed by atoms with E-state index in [1.165, 1.54) is 0 Å². The average Bonchev–Trinajstić information content (AvgIpc) is 2.32. The molecule has 1 rings (SSSR count). The van der Waals surface area contributed by atoms with Gasteiger partial charge in [-0.25, -0.2) is 0 Å². The Morgan fingerprint density at radius 1 is 1.18 bits per heavy atom. The SMILES string of the molecule is CCCNCCNC(=O)Cc1ccc(Cl)cc1. The highest BCUT2D eigenvalue weighted by Gasteiger charge is 2.02. The molecule has 0 radical (unpaired) electrons. The summed E-state index contributed by atoms with van der Waals surface area (Å²) in [4.78, 5) is 11.6. The number of hydrogen-bond donors (Lipinski definition) is 2. The zero-order valence-corrected chi connectivity index (χ0v) is 10.9. The molecule has 3 nitrogen and oxygen atoms in total. The number of nitrogens with one attached hydrogen (secondary N) is 2. The van der Waals surface area contributed by atoms with Crippen molar-refractivity contribution >= 4 is 17.5 Å². The van der Waals surface area contributed by atoms with E-state index in [2.05, 4.69) is 17.6 Å². The van der Waals surface area contributed by atoms with E-state index in [-0.39, 0.29) is 5.91 Å². The summed E-state index contributed by atoms with van der Waals surface area (Å²) in [5.74, 6) is 0.0469. The van der Waals surface area contributed by atoms with Crippen LogP contribution in [0.3, 0.4) is 0 Å². The van der Waals surface area contributed by atoms with Gasteiger partial charge in [0.25, 0.3) is 0 Å². The summed E-state index contributed by atoms with van der Waals surface area (Å²) in [5.41, 5.74) is 0.980. The molecule has 0 bridgehead atoms. The van der Waals surface area contributed by atoms with E-state index in [0.29, 0.717) is 18.0 Å². The lowest BCUT2D eigenvalue weighted by atomic mass is 10.1. The Morgan fingerprint density at radius 2 is 1.88 bits per heavy atom. The summed E-state index contributed by atoms with van der Waals surface area (Å²) in [7, 11) is 0. The number of halogens is 1. The molecule has 4 heteroatoms. The topological polar surface area (TPSA) is 41.1 Å². The summed E-state index contributed by atoms with van der Waals surface area (Å²) >= 11 is 5.77. The van der Waals surface area contributed by atoms with Crippen LogP contribution in [-0.2, 0) is 11.2 Å². The van der Waals surface area contributed by atoms with Gasteiger partial charge >= 0.3 is 0 Å². The number of amides is 1. The van der Waals surface area contributed by atoms with Gasteiger partial charge in [0.2, 0.25) is 5.91 Å². The van der Waals surface area contributed by atoms with E-state index in [9.17, 15) is 4.79 Å². The summed E-state index contributed by atoms with van der Waals surface area (Å²) in [6.45, 7) is 4.60. The van der Waals surface area contributed by atoms with Crippen molar-refractivity contribution in [2.24, 2.45) is 0 Å². The Hall–Kier alpha value is -1.06. The first-order valence-electron chi connectivity index (χ1n) is 5.94. The summed E-state index contributed by atoms with van der Waals surface area (Å²) in [6, 6.07) is 7.34. The van der Waals surface area contributed by atoms with Gasteiger partial charge < -0.3 is 10.6 Å². The van der Waals surface area contributed by atoms with Gasteiger partial charge in [-0.05, 0) is 30.7 Å². The molecule has 94 valence electrons. The Labute approximate surface area is 108 Å². The molecular weight excluding hydrogens is 236 g/mol. The summed E-state index contributed by atoms with van der Waals surface area (Å²) in [5, 5.41) is 6.79. The third-order valence-corrected chi connectivity index (χ3v) is 2.58. The van der Waals surface area contributed by atoms with Gasteiger partial charge in [0, 0.05) is 18.1 Å². The maximum absolute atomic E-state index is 11.6. The van der Waals surface area contributed by atoms with E-state index < -0.39 is 0 Å². The third-order valence-electron chi connectivity index (χ3n) is 2.33. The maximum atomic E-state index is 11.6. The van der Waals surface area contributed by atoms with Crippen LogP contribution < -0.4 is 10.6 Å². The second-order valence-corrected chi connectivity index (χ2v) is 4.34. The van der Waals surface area contributed by atoms with Crippen molar-refractivity contribution in [1.82, 2.24) is 10.6 Å². The molecule has 0 saturated heterocycles. The quantitative estimate of drug-likeness (QED) is 0.731. The Balaban J connectivity index is 2.18. The second-order valence-electron chi connectivity index (χ2n) is 3.90. The van der Waals surface area contributed by atoms with Crippen LogP contribution in [0.15, 0.2) is 24.3 Å². The molecule has 17 heavy (non-hydrogen) atoms. The molecule has 0 saturated carbocycles. The van der Waals surface area contributed by atoms with Gasteiger partial charge in [0.1, 0.15) is 0 Å². The minimum Gasteiger partial charge on any atom is -0.355 e. The molecule has 0 aromatic heterocycles. The normalized spacial score (nSPS) is 10.2. The first kappa shape index (κ1) is 14.0. The highest BCUT2D eigenvalue weighted by Crippen LogP contribution is 2.09. The molecule has 0 heterocycles. The number of hydrogen-bond acceptors (Lipinski definition) is 2. The molecule has 0 fully saturated rings. The molecule has 0 unspecified atom stereocenters. The predicted octanol–water partition coefficient (Wildman–Crippen LogP) is 2.00. The fourth-order valence-electron chi connectivity index (χ4n) is 1.44. The molecule has 0 aliphatic heterocycles. The van der Waals surface area contributed by atoms with Gasteiger partial charge in [-0.1, -0.05) is 30.7 Å². The number of carbonyl (C=O) groups excluding carboxylic acids is 1. The standard InChI is InChI=1S/C13H19ClN2O/c1-2-7-15-8-9-16-13(17)10-11-3-5-12(14)6-4-11/h3-6,15H,2,7-10H2,1H3,(H,16,17). The molecule has 1 aromatic rings. The lowest BCUT2D eigenvalue weighted by molar-refractivity contribution is -0.120. The zero-order chi connectivity index (χ0) is 12.5. The maximum Gasteiger partial charge on any atom is 0.224 e. The van der Waals surface area contributed by atoms with Crippen LogP contribution in [0, 0.1) is 0 Å². The van der Waals surface area contributed by atoms with Crippen LogP contribution in [0.5, 0.6) is 0 Å². The molecule has 2 N–H and O–H groups in total. The van der Waals surface area contributed by atoms with Crippen molar-refractivity contribution in [2.75, 3.05) is 19.6 Å². The van der Waals surface area contributed by atoms with Crippen LogP contribution in [0.2, 0.25) is 5.02 Å². The first-order chi connectivity index (χ1) is 8.22. The highest BCUT2D eigenvalue weighted by atomic mass is 35.5. The molecule has 0 aliphatic rings. The van der Waals surface area contributed by atoms with Crippen molar-refractivity contribution < 1.29 is 4.79 Å². The van der Waals surface area contributed by atoms with Crippen LogP contribution >= 0.6 is 11.6 Å². The van der Waals surface area contributed by atoms with Crippen molar-refractivity contribution in [3.05, 3.63) is 34.9 Å². The summed E-state index contributed by atoms with van der Waals surface area (Å²) < 4.78 is 0. The van der Waals surface area contributed by atoms with E-state index >= 15 is 0 Å². The highest BCUT2D eigenvalue weighted by molar-refractivity contribution is 6.30. The number of rotatable bonds is 7. The molecule has 0 aliphatic carbocycles. The minimum absolute atomic E-state index is 0.0469. The molecule has 0 spiro atoms. The summed E-state index contributed by atoms with van der Waals surface area (Å²) in [6.07, 6.45) is 1.52. The van der Waals surface area contributed by atoms with Crippen LogP contribution in [0.4, 0.5) is 0 Å². The molecule has 1 aromatic carbocycles. The Kier molecular flexibility index (Phi) is 6.67. The van der Waals surface area contributed by atoms with Gasteiger partial charge in [-0.2, -0.15) is 0 Å². The van der Waals surface area contributed by atoms with Crippen LogP contribution in [-0.4, -0.2) is 25.5 Å². The predicted molar refractivity (Wildman–Crippen MR) is 71.3 cm³/mol. The number of carbonyl (C=O) groups is 1. The molecular formula is C13H19ClN2O. The van der Waals surface area contributed by atoms with Crippen molar-refractivity contribution in [3.63, 3.8) is 0 Å². The van der Waals surface area contributed by atoms with E-state index in [1.807, 2.05) is 12.1 Å². The fourth-order valence-corrected chi connectivity index (χ4v) is 1.57. The van der Waals surface area contributed by atoms with E-state index in [1.54, 1.807) is 12.1 Å². The number of benzene rings is 1. The van der Waals surface area contributed by atoms with E-state index in [4.69, 9.17) is 11.6 Å². The molecule has 0 atom stereocenters. The lowest BCUT2D eigenvalue weighted by Crippen LogP contribution is -2.32. The van der Waals surface area contributed by atoms with Gasteiger partial charge in [0.05, 0.1) is 6.42 Å². The second kappa shape index (κ2) is 8.09. The van der Waals surface area contributed by atoms with Crippen LogP contribution in [0.1, 0.15) is 18.9 Å². The largest absolute Gasteiger partial charge is 0.355 e. The average molecular weight is 255 g/mol. The van der Waals surface area contributed by atoms with Crippen molar-refractivity contribution in [3.8, 4) is 0 Å². The fraction of sp³-hybridized carbons (Fsp3) is 0.462. The Bertz CT molecular complexity index is 338. The van der Waals surface area contributed by atoms with Crippen molar-refractivity contribution in [2.45, 2.75) is 19.8 Å². The van der Waals surface area contributed by atoms with Crippen molar-refractivity contribution in [1.29, 1.82) is 0 Å². The first-order valence-corrected chi connectivity index (χ1v) is 6.32. The molecule has 1 amide bonds. The smallest absolute Gasteiger partial charge is 0.224 e.